The molecule has 3 rings (SSSR count). The number of carbonyl (C=O) groups excluding carboxylic acids is 2. The summed E-state index contributed by atoms with van der Waals surface area (Å²) < 4.78 is 28.4. The van der Waals surface area contributed by atoms with Crippen molar-refractivity contribution in [3.8, 4) is 0 Å². The molecule has 9 nitrogen and oxygen atoms in total. The molecule has 0 unspecified atom stereocenters. The molecule has 1 aromatic carbocycles. The summed E-state index contributed by atoms with van der Waals surface area (Å²) in [6, 6.07) is 5.29. The van der Waals surface area contributed by atoms with E-state index >= 15 is 0 Å². The van der Waals surface area contributed by atoms with Gasteiger partial charge in [-0.05, 0) is 43.0 Å². The predicted octanol–water partition coefficient (Wildman–Crippen LogP) is 1.33. The first-order chi connectivity index (χ1) is 13.2. The third kappa shape index (κ3) is 5.16. The highest BCUT2D eigenvalue weighted by atomic mass is 32.2. The molecule has 2 fully saturated rings. The lowest BCUT2D eigenvalue weighted by molar-refractivity contribution is -0.384. The zero-order valence-electron chi connectivity index (χ0n) is 15.0. The van der Waals surface area contributed by atoms with Crippen LogP contribution in [0.3, 0.4) is 0 Å². The van der Waals surface area contributed by atoms with E-state index in [4.69, 9.17) is 4.74 Å². The molecule has 1 saturated heterocycles. The quantitative estimate of drug-likeness (QED) is 0.288. The summed E-state index contributed by atoms with van der Waals surface area (Å²) in [6.07, 6.45) is 4.64. The highest BCUT2D eigenvalue weighted by Crippen LogP contribution is 2.32. The lowest BCUT2D eigenvalue weighted by Crippen LogP contribution is -2.44. The van der Waals surface area contributed by atoms with Gasteiger partial charge in [0.15, 0.2) is 16.4 Å². The molecule has 0 radical (unpaired) electrons. The fraction of sp³-hybridized carbons (Fsp3) is 0.444. The molecule has 1 saturated carbocycles. The molecular formula is C18H20N2O7S. The van der Waals surface area contributed by atoms with Crippen molar-refractivity contribution in [3.05, 3.63) is 46.0 Å². The van der Waals surface area contributed by atoms with Gasteiger partial charge in [-0.15, -0.1) is 0 Å². The van der Waals surface area contributed by atoms with E-state index in [0.29, 0.717) is 12.0 Å². The molecule has 0 N–H and O–H groups in total. The van der Waals surface area contributed by atoms with Gasteiger partial charge in [0.25, 0.3) is 11.6 Å². The molecule has 2 aliphatic rings. The third-order valence-electron chi connectivity index (χ3n) is 4.68. The number of nitro benzene ring substituents is 1. The van der Waals surface area contributed by atoms with Gasteiger partial charge >= 0.3 is 5.97 Å². The van der Waals surface area contributed by atoms with Crippen molar-refractivity contribution < 1.29 is 27.7 Å². The topological polar surface area (TPSA) is 124 Å². The fourth-order valence-electron chi connectivity index (χ4n) is 3.18. The summed E-state index contributed by atoms with van der Waals surface area (Å²) in [5.41, 5.74) is 0.518. The van der Waals surface area contributed by atoms with Gasteiger partial charge in [0.2, 0.25) is 0 Å². The Morgan fingerprint density at radius 1 is 1.18 bits per heavy atom. The van der Waals surface area contributed by atoms with Gasteiger partial charge in [0.1, 0.15) is 0 Å². The van der Waals surface area contributed by atoms with Crippen molar-refractivity contribution in [2.24, 2.45) is 0 Å². The van der Waals surface area contributed by atoms with Crippen molar-refractivity contribution in [2.45, 2.75) is 31.3 Å². The van der Waals surface area contributed by atoms with E-state index < -0.39 is 27.3 Å². The zero-order valence-corrected chi connectivity index (χ0v) is 15.8. The molecule has 10 heteroatoms. The van der Waals surface area contributed by atoms with E-state index in [1.54, 1.807) is 4.90 Å². The van der Waals surface area contributed by atoms with Crippen molar-refractivity contribution in [1.82, 2.24) is 4.90 Å². The minimum Gasteiger partial charge on any atom is -0.452 e. The van der Waals surface area contributed by atoms with Gasteiger partial charge in [-0.1, -0.05) is 0 Å². The first-order valence-corrected chi connectivity index (χ1v) is 10.7. The number of rotatable bonds is 7. The molecule has 0 aromatic heterocycles. The summed E-state index contributed by atoms with van der Waals surface area (Å²) in [4.78, 5) is 36.0. The molecule has 1 aromatic rings. The number of carbonyl (C=O) groups is 2. The lowest BCUT2D eigenvalue weighted by atomic mass is 10.2. The average Bonchev–Trinajstić information content (AvgIpc) is 3.41. The number of amides is 1. The largest absolute Gasteiger partial charge is 0.452 e. The Bertz CT molecular complexity index is 904. The number of esters is 1. The summed E-state index contributed by atoms with van der Waals surface area (Å²) >= 11 is 0. The van der Waals surface area contributed by atoms with Crippen LogP contribution in [0.15, 0.2) is 30.3 Å². The van der Waals surface area contributed by atoms with Crippen LogP contribution in [0.1, 0.15) is 24.8 Å². The molecule has 0 spiro atoms. The van der Waals surface area contributed by atoms with Crippen LogP contribution >= 0.6 is 0 Å². The first kappa shape index (κ1) is 20.0. The smallest absolute Gasteiger partial charge is 0.331 e. The Morgan fingerprint density at radius 2 is 1.86 bits per heavy atom. The fourth-order valence-corrected chi connectivity index (χ4v) is 4.89. The number of sulfone groups is 1. The number of nitro groups is 1. The van der Waals surface area contributed by atoms with Crippen LogP contribution in [-0.4, -0.2) is 60.3 Å². The Kier molecular flexibility index (Phi) is 5.78. The molecule has 1 atom stereocenters. The van der Waals surface area contributed by atoms with Crippen LogP contribution in [-0.2, 0) is 24.2 Å². The number of nitrogens with zero attached hydrogens (tertiary/aromatic N) is 2. The summed E-state index contributed by atoms with van der Waals surface area (Å²) in [5, 5.41) is 10.6. The van der Waals surface area contributed by atoms with Crippen molar-refractivity contribution in [3.63, 3.8) is 0 Å². The standard InChI is InChI=1S/C18H20N2O7S/c21-17(19(14-6-7-14)16-9-10-28(25,26)12-16)11-27-18(22)8-3-13-1-4-15(5-2-13)20(23)24/h1-5,8,14,16H,6-7,9-12H2/b8-3+/t16-/m1/s1. The summed E-state index contributed by atoms with van der Waals surface area (Å²) in [6.45, 7) is -0.448. The molecule has 150 valence electrons. The molecule has 1 aliphatic heterocycles. The Balaban J connectivity index is 1.53. The molecular weight excluding hydrogens is 388 g/mol. The van der Waals surface area contributed by atoms with E-state index in [1.165, 1.54) is 30.3 Å². The minimum absolute atomic E-state index is 0.0279. The van der Waals surface area contributed by atoms with Crippen molar-refractivity contribution in [2.75, 3.05) is 18.1 Å². The summed E-state index contributed by atoms with van der Waals surface area (Å²) in [5.74, 6) is -1.07. The maximum atomic E-state index is 12.5. The van der Waals surface area contributed by atoms with E-state index in [1.807, 2.05) is 0 Å². The number of hydrogen-bond donors (Lipinski definition) is 0. The number of benzene rings is 1. The van der Waals surface area contributed by atoms with Crippen LogP contribution in [0, 0.1) is 10.1 Å². The van der Waals surface area contributed by atoms with Gasteiger partial charge in [0.05, 0.1) is 16.4 Å². The van der Waals surface area contributed by atoms with Gasteiger partial charge in [-0.3, -0.25) is 14.9 Å². The number of non-ortho nitro benzene ring substituents is 1. The highest BCUT2D eigenvalue weighted by Gasteiger charge is 2.42. The van der Waals surface area contributed by atoms with Gasteiger partial charge in [-0.25, -0.2) is 13.2 Å². The normalized spacial score (nSPS) is 20.8. The third-order valence-corrected chi connectivity index (χ3v) is 6.43. The second-order valence-electron chi connectivity index (χ2n) is 6.88. The number of hydrogen-bond acceptors (Lipinski definition) is 7. The molecule has 1 aliphatic carbocycles. The van der Waals surface area contributed by atoms with Crippen LogP contribution in [0.4, 0.5) is 5.69 Å². The SMILES string of the molecule is O=C(/C=C/c1ccc([N+](=O)[O-])cc1)OCC(=O)N(C1CC1)[C@@H]1CCS(=O)(=O)C1. The second kappa shape index (κ2) is 8.09. The lowest BCUT2D eigenvalue weighted by Gasteiger charge is -2.28. The predicted molar refractivity (Wildman–Crippen MR) is 100 cm³/mol. The molecule has 0 bridgehead atoms. The van der Waals surface area contributed by atoms with Crippen molar-refractivity contribution >= 4 is 33.5 Å². The zero-order chi connectivity index (χ0) is 20.3. The Hall–Kier alpha value is -2.75. The second-order valence-corrected chi connectivity index (χ2v) is 9.11. The van der Waals surface area contributed by atoms with Crippen LogP contribution in [0.2, 0.25) is 0 Å². The Labute approximate surface area is 162 Å². The summed E-state index contributed by atoms with van der Waals surface area (Å²) in [7, 11) is -3.11. The van der Waals surface area contributed by atoms with E-state index in [0.717, 1.165) is 18.9 Å². The maximum absolute atomic E-state index is 12.5. The van der Waals surface area contributed by atoms with E-state index in [2.05, 4.69) is 0 Å². The molecule has 1 heterocycles. The van der Waals surface area contributed by atoms with Crippen LogP contribution < -0.4 is 0 Å². The maximum Gasteiger partial charge on any atom is 0.331 e. The molecule has 1 amide bonds. The first-order valence-electron chi connectivity index (χ1n) is 8.86. The van der Waals surface area contributed by atoms with Crippen LogP contribution in [0.5, 0.6) is 0 Å². The highest BCUT2D eigenvalue weighted by molar-refractivity contribution is 7.91. The van der Waals surface area contributed by atoms with E-state index in [9.17, 15) is 28.1 Å². The van der Waals surface area contributed by atoms with Crippen molar-refractivity contribution in [1.29, 1.82) is 0 Å². The minimum atomic E-state index is -3.11. The average molecular weight is 408 g/mol. The van der Waals surface area contributed by atoms with E-state index in [-0.39, 0.29) is 35.2 Å². The monoisotopic (exact) mass is 408 g/mol. The molecule has 28 heavy (non-hydrogen) atoms. The Morgan fingerprint density at radius 3 is 2.39 bits per heavy atom. The van der Waals surface area contributed by atoms with Gasteiger partial charge < -0.3 is 9.64 Å². The number of ether oxygens (including phenoxy) is 1. The van der Waals surface area contributed by atoms with Gasteiger partial charge in [0, 0.05) is 30.3 Å². The van der Waals surface area contributed by atoms with Gasteiger partial charge in [-0.2, -0.15) is 0 Å². The van der Waals surface area contributed by atoms with Crippen LogP contribution in [0.25, 0.3) is 6.08 Å².